The van der Waals surface area contributed by atoms with E-state index < -0.39 is 6.36 Å². The lowest BCUT2D eigenvalue weighted by atomic mass is 10.1. The summed E-state index contributed by atoms with van der Waals surface area (Å²) in [4.78, 5) is 21.7. The molecule has 0 bridgehead atoms. The predicted molar refractivity (Wildman–Crippen MR) is 129 cm³/mol. The van der Waals surface area contributed by atoms with Crippen molar-refractivity contribution in [3.05, 3.63) is 89.9 Å². The number of ether oxygens (including phenoxy) is 1. The highest BCUT2D eigenvalue weighted by molar-refractivity contribution is 7.80. The molecule has 0 radical (unpaired) electrons. The summed E-state index contributed by atoms with van der Waals surface area (Å²) >= 11 is 4.36. The Labute approximate surface area is 205 Å². The van der Waals surface area contributed by atoms with E-state index in [9.17, 15) is 18.0 Å². The maximum Gasteiger partial charge on any atom is 0.573 e. The monoisotopic (exact) mass is 500 g/mol. The van der Waals surface area contributed by atoms with E-state index in [4.69, 9.17) is 0 Å². The van der Waals surface area contributed by atoms with Gasteiger partial charge in [0.25, 0.3) is 0 Å². The molecule has 35 heavy (non-hydrogen) atoms. The molecule has 1 atom stereocenters. The number of aromatic nitrogens is 3. The normalized spacial score (nSPS) is 12.5. The SMILES string of the molecule is O=C(CCc1nc2cccnc2n1Cc1ccc(OC(F)(F)F)cc1)NC(CS)c1ccccc1. The van der Waals surface area contributed by atoms with Crippen LogP contribution in [0.15, 0.2) is 72.9 Å². The van der Waals surface area contributed by atoms with Gasteiger partial charge in [-0.2, -0.15) is 12.6 Å². The Morgan fingerprint density at radius 2 is 1.80 bits per heavy atom. The number of alkyl halides is 3. The number of hydrogen-bond donors (Lipinski definition) is 2. The second-order valence-electron chi connectivity index (χ2n) is 7.87. The van der Waals surface area contributed by atoms with Gasteiger partial charge in [0.2, 0.25) is 5.91 Å². The summed E-state index contributed by atoms with van der Waals surface area (Å²) in [6.45, 7) is 0.333. The van der Waals surface area contributed by atoms with Crippen LogP contribution in [0.25, 0.3) is 11.2 Å². The van der Waals surface area contributed by atoms with Crippen molar-refractivity contribution in [2.45, 2.75) is 31.8 Å². The van der Waals surface area contributed by atoms with Crippen LogP contribution in [0.5, 0.6) is 5.75 Å². The second-order valence-corrected chi connectivity index (χ2v) is 8.23. The van der Waals surface area contributed by atoms with E-state index in [0.717, 1.165) is 11.1 Å². The molecule has 0 saturated heterocycles. The molecule has 4 rings (SSSR count). The number of benzene rings is 2. The Morgan fingerprint density at radius 3 is 2.49 bits per heavy atom. The van der Waals surface area contributed by atoms with E-state index in [1.165, 1.54) is 12.1 Å². The molecule has 10 heteroatoms. The van der Waals surface area contributed by atoms with Crippen LogP contribution in [0.1, 0.15) is 29.4 Å². The zero-order valence-corrected chi connectivity index (χ0v) is 19.5. The van der Waals surface area contributed by atoms with Crippen LogP contribution in [0.4, 0.5) is 13.2 Å². The number of nitrogens with zero attached hydrogens (tertiary/aromatic N) is 3. The van der Waals surface area contributed by atoms with Gasteiger partial charge in [-0.15, -0.1) is 13.2 Å². The van der Waals surface area contributed by atoms with Gasteiger partial charge in [-0.05, 0) is 35.4 Å². The lowest BCUT2D eigenvalue weighted by Crippen LogP contribution is -2.30. The van der Waals surface area contributed by atoms with E-state index in [2.05, 4.69) is 32.7 Å². The minimum atomic E-state index is -4.74. The molecule has 1 amide bonds. The minimum absolute atomic E-state index is 0.131. The number of rotatable bonds is 9. The second kappa shape index (κ2) is 10.8. The number of imidazole rings is 1. The van der Waals surface area contributed by atoms with Crippen LogP contribution in [0, 0.1) is 0 Å². The Hall–Kier alpha value is -3.53. The molecular formula is C25H23F3N4O2S. The predicted octanol–water partition coefficient (Wildman–Crippen LogP) is 5.10. The number of pyridine rings is 1. The molecule has 6 nitrogen and oxygen atoms in total. The standard InChI is InChI=1S/C25H23F3N4O2S/c26-25(27,28)34-19-10-8-17(9-11-19)15-32-22(30-20-7-4-14-29-24(20)32)12-13-23(33)31-21(16-35)18-5-2-1-3-6-18/h1-11,14,21,35H,12-13,15-16H2,(H,31,33). The Bertz CT molecular complexity index is 1280. The van der Waals surface area contributed by atoms with Gasteiger partial charge in [-0.25, -0.2) is 9.97 Å². The molecule has 0 saturated carbocycles. The van der Waals surface area contributed by atoms with Gasteiger partial charge in [0.1, 0.15) is 17.1 Å². The number of carbonyl (C=O) groups is 1. The third kappa shape index (κ3) is 6.54. The molecular weight excluding hydrogens is 477 g/mol. The Morgan fingerprint density at radius 1 is 1.06 bits per heavy atom. The first-order valence-electron chi connectivity index (χ1n) is 10.9. The molecule has 1 unspecified atom stereocenters. The molecule has 2 aromatic carbocycles. The van der Waals surface area contributed by atoms with Crippen molar-refractivity contribution in [3.63, 3.8) is 0 Å². The van der Waals surface area contributed by atoms with Crippen molar-refractivity contribution >= 4 is 29.7 Å². The maximum atomic E-state index is 12.7. The van der Waals surface area contributed by atoms with Gasteiger partial charge in [-0.1, -0.05) is 42.5 Å². The summed E-state index contributed by atoms with van der Waals surface area (Å²) in [6.07, 6.45) is -2.52. The zero-order valence-electron chi connectivity index (χ0n) is 18.6. The number of hydrogen-bond acceptors (Lipinski definition) is 5. The molecule has 2 heterocycles. The van der Waals surface area contributed by atoms with Crippen LogP contribution in [-0.4, -0.2) is 32.6 Å². The third-order valence-corrected chi connectivity index (χ3v) is 5.74. The molecule has 0 spiro atoms. The first kappa shape index (κ1) is 24.6. The van der Waals surface area contributed by atoms with Crippen molar-refractivity contribution in [2.24, 2.45) is 0 Å². The highest BCUT2D eigenvalue weighted by Crippen LogP contribution is 2.24. The molecule has 0 aliphatic heterocycles. The summed E-state index contributed by atoms with van der Waals surface area (Å²) in [5.41, 5.74) is 3.04. The number of nitrogens with one attached hydrogen (secondary N) is 1. The lowest BCUT2D eigenvalue weighted by Gasteiger charge is -2.17. The quantitative estimate of drug-likeness (QED) is 0.314. The molecule has 1 N–H and O–H groups in total. The van der Waals surface area contributed by atoms with Gasteiger partial charge in [-0.3, -0.25) is 4.79 Å². The smallest absolute Gasteiger partial charge is 0.406 e. The van der Waals surface area contributed by atoms with Gasteiger partial charge in [0.05, 0.1) is 12.6 Å². The fourth-order valence-corrected chi connectivity index (χ4v) is 4.06. The van der Waals surface area contributed by atoms with Gasteiger partial charge in [0, 0.05) is 24.8 Å². The summed E-state index contributed by atoms with van der Waals surface area (Å²) in [7, 11) is 0. The number of thiol groups is 1. The largest absolute Gasteiger partial charge is 0.573 e. The van der Waals surface area contributed by atoms with Crippen molar-refractivity contribution in [1.29, 1.82) is 0 Å². The molecule has 0 aliphatic rings. The maximum absolute atomic E-state index is 12.7. The lowest BCUT2D eigenvalue weighted by molar-refractivity contribution is -0.274. The number of carbonyl (C=O) groups excluding carboxylic acids is 1. The summed E-state index contributed by atoms with van der Waals surface area (Å²) in [5.74, 6) is 0.704. The topological polar surface area (TPSA) is 69.0 Å². The van der Waals surface area contributed by atoms with Crippen molar-refractivity contribution in [3.8, 4) is 5.75 Å². The molecule has 182 valence electrons. The molecule has 4 aromatic rings. The van der Waals surface area contributed by atoms with Crippen LogP contribution in [0.3, 0.4) is 0 Å². The summed E-state index contributed by atoms with van der Waals surface area (Å²) in [6, 6.07) is 18.7. The van der Waals surface area contributed by atoms with Crippen molar-refractivity contribution in [2.75, 3.05) is 5.75 Å². The Balaban J connectivity index is 1.48. The van der Waals surface area contributed by atoms with Crippen LogP contribution >= 0.6 is 12.6 Å². The molecule has 0 aliphatic carbocycles. The van der Waals surface area contributed by atoms with Crippen LogP contribution in [0.2, 0.25) is 0 Å². The summed E-state index contributed by atoms with van der Waals surface area (Å²) < 4.78 is 43.1. The minimum Gasteiger partial charge on any atom is -0.406 e. The molecule has 2 aromatic heterocycles. The van der Waals surface area contributed by atoms with Crippen LogP contribution < -0.4 is 10.1 Å². The fourth-order valence-electron chi connectivity index (χ4n) is 3.75. The van der Waals surface area contributed by atoms with Crippen molar-refractivity contribution in [1.82, 2.24) is 19.9 Å². The highest BCUT2D eigenvalue weighted by Gasteiger charge is 2.31. The van der Waals surface area contributed by atoms with E-state index in [-0.39, 0.29) is 24.1 Å². The van der Waals surface area contributed by atoms with Gasteiger partial charge >= 0.3 is 6.36 Å². The van der Waals surface area contributed by atoms with E-state index >= 15 is 0 Å². The fraction of sp³-hybridized carbons (Fsp3) is 0.240. The Kier molecular flexibility index (Phi) is 7.60. The zero-order chi connectivity index (χ0) is 24.8. The first-order valence-corrected chi connectivity index (χ1v) is 11.6. The number of amides is 1. The average Bonchev–Trinajstić information content (AvgIpc) is 3.19. The van der Waals surface area contributed by atoms with Crippen LogP contribution in [-0.2, 0) is 17.8 Å². The van der Waals surface area contributed by atoms with E-state index in [1.807, 2.05) is 41.0 Å². The van der Waals surface area contributed by atoms with E-state index in [0.29, 0.717) is 35.7 Å². The van der Waals surface area contributed by atoms with Gasteiger partial charge < -0.3 is 14.6 Å². The third-order valence-electron chi connectivity index (χ3n) is 5.38. The number of aryl methyl sites for hydroxylation is 1. The number of halogens is 3. The average molecular weight is 501 g/mol. The first-order chi connectivity index (χ1) is 16.8. The van der Waals surface area contributed by atoms with E-state index in [1.54, 1.807) is 24.4 Å². The number of fused-ring (bicyclic) bond motifs is 1. The van der Waals surface area contributed by atoms with Gasteiger partial charge in [0.15, 0.2) is 5.65 Å². The summed E-state index contributed by atoms with van der Waals surface area (Å²) in [5, 5.41) is 3.01. The molecule has 0 fully saturated rings. The highest BCUT2D eigenvalue weighted by atomic mass is 32.1. The van der Waals surface area contributed by atoms with Crippen molar-refractivity contribution < 1.29 is 22.7 Å².